The number of amides is 3. The average Bonchev–Trinajstić information content (AvgIpc) is 3.54. The Morgan fingerprint density at radius 2 is 1.48 bits per heavy atom. The second kappa shape index (κ2) is 12.0. The van der Waals surface area contributed by atoms with Gasteiger partial charge in [0.05, 0.1) is 5.56 Å². The van der Waals surface area contributed by atoms with E-state index in [1.165, 1.54) is 17.0 Å². The molecule has 0 spiro atoms. The van der Waals surface area contributed by atoms with Crippen LogP contribution in [0.4, 0.5) is 0 Å². The van der Waals surface area contributed by atoms with Crippen LogP contribution in [0.5, 0.6) is 0 Å². The molecule has 1 N–H and O–H groups in total. The van der Waals surface area contributed by atoms with Crippen LogP contribution in [-0.4, -0.2) is 54.0 Å². The van der Waals surface area contributed by atoms with Gasteiger partial charge < -0.3 is 10.2 Å². The van der Waals surface area contributed by atoms with Crippen LogP contribution in [0.2, 0.25) is 0 Å². The van der Waals surface area contributed by atoms with Crippen LogP contribution in [0, 0.1) is 0 Å². The van der Waals surface area contributed by atoms with Gasteiger partial charge >= 0.3 is 0 Å². The van der Waals surface area contributed by atoms with E-state index in [0.717, 1.165) is 41.1 Å². The highest BCUT2D eigenvalue weighted by atomic mass is 32.2. The van der Waals surface area contributed by atoms with Gasteiger partial charge in [-0.1, -0.05) is 85.6 Å². The Hall–Kier alpha value is -3.98. The minimum Gasteiger partial charge on any atom is -0.352 e. The molecular formula is C31H33N3O5S. The smallest absolute Gasteiger partial charge is 0.269 e. The number of nitrogens with one attached hydrogen (secondary N) is 1. The zero-order valence-corrected chi connectivity index (χ0v) is 23.1. The van der Waals surface area contributed by atoms with Crippen molar-refractivity contribution in [3.05, 3.63) is 102 Å². The molecule has 3 amide bonds. The second-order valence-electron chi connectivity index (χ2n) is 10.3. The first-order valence-corrected chi connectivity index (χ1v) is 15.1. The molecule has 40 heavy (non-hydrogen) atoms. The zero-order chi connectivity index (χ0) is 28.1. The predicted octanol–water partition coefficient (Wildman–Crippen LogP) is 3.92. The molecule has 1 atom stereocenters. The fourth-order valence-electron chi connectivity index (χ4n) is 5.49. The zero-order valence-electron chi connectivity index (χ0n) is 22.2. The normalized spacial score (nSPS) is 16.9. The number of rotatable bonds is 10. The summed E-state index contributed by atoms with van der Waals surface area (Å²) in [6.07, 6.45) is 4.00. The first kappa shape index (κ1) is 27.6. The van der Waals surface area contributed by atoms with Gasteiger partial charge in [-0.3, -0.25) is 14.4 Å². The van der Waals surface area contributed by atoms with E-state index in [1.54, 1.807) is 12.1 Å². The molecular weight excluding hydrogens is 526 g/mol. The quantitative estimate of drug-likeness (QED) is 0.406. The number of carbonyl (C=O) groups excluding carboxylic acids is 3. The maximum absolute atomic E-state index is 13.9. The van der Waals surface area contributed by atoms with E-state index in [2.05, 4.69) is 5.32 Å². The van der Waals surface area contributed by atoms with Crippen molar-refractivity contribution in [2.45, 2.75) is 62.0 Å². The van der Waals surface area contributed by atoms with Crippen molar-refractivity contribution in [3.63, 3.8) is 0 Å². The number of nitrogens with zero attached hydrogens (tertiary/aromatic N) is 2. The summed E-state index contributed by atoms with van der Waals surface area (Å²) in [6, 6.07) is 24.3. The lowest BCUT2D eigenvalue weighted by Crippen LogP contribution is -2.52. The van der Waals surface area contributed by atoms with Crippen molar-refractivity contribution in [3.8, 4) is 0 Å². The van der Waals surface area contributed by atoms with Gasteiger partial charge in [0.1, 0.15) is 10.9 Å². The molecule has 3 aromatic rings. The molecule has 8 nitrogen and oxygen atoms in total. The van der Waals surface area contributed by atoms with Crippen LogP contribution >= 0.6 is 0 Å². The van der Waals surface area contributed by atoms with Crippen LogP contribution in [0.15, 0.2) is 89.8 Å². The summed E-state index contributed by atoms with van der Waals surface area (Å²) >= 11 is 0. The van der Waals surface area contributed by atoms with Crippen molar-refractivity contribution < 1.29 is 22.8 Å². The number of fused-ring (bicyclic) bond motifs is 1. The largest absolute Gasteiger partial charge is 0.352 e. The monoisotopic (exact) mass is 559 g/mol. The van der Waals surface area contributed by atoms with Gasteiger partial charge in [-0.15, -0.1) is 0 Å². The number of hydrogen-bond acceptors (Lipinski definition) is 5. The number of sulfonamides is 1. The standard InChI is InChI=1S/C31H33N3O5S/c35-29(19-20-34-31(37)26-17-9-10-18-28(26)40(34,38)39)33(22-24-13-5-2-6-14-24)27(21-23-11-3-1-4-12-23)30(36)32-25-15-7-8-16-25/h1-6,9-14,17-18,25,27H,7-8,15-16,19-22H2,(H,32,36). The SMILES string of the molecule is O=C(NC1CCCC1)C(Cc1ccccc1)N(Cc1ccccc1)C(=O)CCN1C(=O)c2ccccc2S1(=O)=O. The van der Waals surface area contributed by atoms with Crippen LogP contribution in [0.25, 0.3) is 0 Å². The summed E-state index contributed by atoms with van der Waals surface area (Å²) in [5.41, 5.74) is 1.86. The van der Waals surface area contributed by atoms with Gasteiger partial charge in [-0.05, 0) is 36.1 Å². The Morgan fingerprint density at radius 1 is 0.875 bits per heavy atom. The molecule has 5 rings (SSSR count). The molecule has 0 bridgehead atoms. The molecule has 0 aromatic heterocycles. The molecule has 2 aliphatic rings. The average molecular weight is 560 g/mol. The summed E-state index contributed by atoms with van der Waals surface area (Å²) in [5, 5.41) is 3.16. The van der Waals surface area contributed by atoms with Crippen molar-refractivity contribution in [2.75, 3.05) is 6.54 Å². The van der Waals surface area contributed by atoms with E-state index in [9.17, 15) is 22.8 Å². The molecule has 0 saturated heterocycles. The minimum absolute atomic E-state index is 0.0495. The van der Waals surface area contributed by atoms with E-state index >= 15 is 0 Å². The van der Waals surface area contributed by atoms with Crippen LogP contribution in [0.3, 0.4) is 0 Å². The molecule has 1 aliphatic carbocycles. The minimum atomic E-state index is -4.04. The van der Waals surface area contributed by atoms with Crippen molar-refractivity contribution in [2.24, 2.45) is 0 Å². The van der Waals surface area contributed by atoms with Crippen LogP contribution < -0.4 is 5.32 Å². The van der Waals surface area contributed by atoms with E-state index in [1.807, 2.05) is 60.7 Å². The Morgan fingerprint density at radius 3 is 2.12 bits per heavy atom. The fraction of sp³-hybridized carbons (Fsp3) is 0.323. The molecule has 1 fully saturated rings. The second-order valence-corrected chi connectivity index (χ2v) is 12.2. The third kappa shape index (κ3) is 5.94. The van der Waals surface area contributed by atoms with Gasteiger partial charge in [0.15, 0.2) is 0 Å². The first-order chi connectivity index (χ1) is 19.3. The fourth-order valence-corrected chi connectivity index (χ4v) is 7.06. The van der Waals surface area contributed by atoms with Gasteiger partial charge in [-0.25, -0.2) is 12.7 Å². The van der Waals surface area contributed by atoms with Crippen LogP contribution in [0.1, 0.15) is 53.6 Å². The molecule has 1 heterocycles. The molecule has 1 aliphatic heterocycles. The van der Waals surface area contributed by atoms with Crippen molar-refractivity contribution >= 4 is 27.7 Å². The number of carbonyl (C=O) groups is 3. The maximum Gasteiger partial charge on any atom is 0.269 e. The highest BCUT2D eigenvalue weighted by Crippen LogP contribution is 2.30. The topological polar surface area (TPSA) is 104 Å². The Bertz CT molecular complexity index is 1470. The molecule has 1 unspecified atom stereocenters. The van der Waals surface area contributed by atoms with E-state index in [-0.39, 0.29) is 41.9 Å². The Kier molecular flexibility index (Phi) is 8.30. The molecule has 0 radical (unpaired) electrons. The lowest BCUT2D eigenvalue weighted by Gasteiger charge is -2.33. The highest BCUT2D eigenvalue weighted by molar-refractivity contribution is 7.90. The van der Waals surface area contributed by atoms with Gasteiger partial charge in [0.25, 0.3) is 15.9 Å². The summed E-state index contributed by atoms with van der Waals surface area (Å²) in [5.74, 6) is -1.26. The number of hydrogen-bond donors (Lipinski definition) is 1. The first-order valence-electron chi connectivity index (χ1n) is 13.7. The third-order valence-electron chi connectivity index (χ3n) is 7.61. The molecule has 208 valence electrons. The van der Waals surface area contributed by atoms with Gasteiger partial charge in [-0.2, -0.15) is 0 Å². The van der Waals surface area contributed by atoms with Crippen molar-refractivity contribution in [1.82, 2.24) is 14.5 Å². The third-order valence-corrected chi connectivity index (χ3v) is 9.45. The van der Waals surface area contributed by atoms with E-state index in [4.69, 9.17) is 0 Å². The summed E-state index contributed by atoms with van der Waals surface area (Å²) in [4.78, 5) is 42.0. The lowest BCUT2D eigenvalue weighted by molar-refractivity contribution is -0.141. The highest BCUT2D eigenvalue weighted by Gasteiger charge is 2.41. The Labute approximate surface area is 235 Å². The van der Waals surface area contributed by atoms with E-state index < -0.39 is 27.9 Å². The van der Waals surface area contributed by atoms with Crippen molar-refractivity contribution in [1.29, 1.82) is 0 Å². The predicted molar refractivity (Wildman–Crippen MR) is 151 cm³/mol. The van der Waals surface area contributed by atoms with E-state index in [0.29, 0.717) is 6.42 Å². The summed E-state index contributed by atoms with van der Waals surface area (Å²) in [6.45, 7) is -0.127. The summed E-state index contributed by atoms with van der Waals surface area (Å²) in [7, 11) is -4.04. The molecule has 9 heteroatoms. The van der Waals surface area contributed by atoms with Crippen LogP contribution in [-0.2, 0) is 32.6 Å². The van der Waals surface area contributed by atoms with Gasteiger partial charge in [0, 0.05) is 32.0 Å². The number of benzene rings is 3. The Balaban J connectivity index is 1.41. The van der Waals surface area contributed by atoms with Gasteiger partial charge in [0.2, 0.25) is 11.8 Å². The lowest BCUT2D eigenvalue weighted by atomic mass is 10.0. The molecule has 3 aromatic carbocycles. The summed E-state index contributed by atoms with van der Waals surface area (Å²) < 4.78 is 26.9. The maximum atomic E-state index is 13.9. The molecule has 1 saturated carbocycles.